The summed E-state index contributed by atoms with van der Waals surface area (Å²) in [4.78, 5) is 11.1. The first-order chi connectivity index (χ1) is 11.1. The predicted octanol–water partition coefficient (Wildman–Crippen LogP) is 5.47. The Morgan fingerprint density at radius 3 is 2.52 bits per heavy atom. The van der Waals surface area contributed by atoms with Crippen molar-refractivity contribution >= 4 is 27.6 Å². The second-order valence-electron chi connectivity index (χ2n) is 5.56. The standard InChI is InChI=1S/C19H13NO3/c1-12-9-10-13(17(11-12)20(21)22)15-6-4-7-16-14-5-2-3-8-18(14)23-19(15)16/h2-11H,1H3. The highest BCUT2D eigenvalue weighted by Crippen LogP contribution is 2.39. The molecule has 0 saturated carbocycles. The summed E-state index contributed by atoms with van der Waals surface area (Å²) in [6.45, 7) is 1.85. The van der Waals surface area contributed by atoms with Gasteiger partial charge in [-0.3, -0.25) is 10.1 Å². The van der Waals surface area contributed by atoms with E-state index in [1.807, 2.05) is 55.5 Å². The first kappa shape index (κ1) is 13.5. The first-order valence-electron chi connectivity index (χ1n) is 7.31. The number of nitro groups is 1. The average molecular weight is 303 g/mol. The molecule has 4 rings (SSSR count). The number of nitrogens with zero attached hydrogens (tertiary/aromatic N) is 1. The predicted molar refractivity (Wildman–Crippen MR) is 90.5 cm³/mol. The fourth-order valence-corrected chi connectivity index (χ4v) is 2.98. The van der Waals surface area contributed by atoms with Crippen LogP contribution in [0.15, 0.2) is 65.1 Å². The van der Waals surface area contributed by atoms with Crippen LogP contribution in [0.4, 0.5) is 5.69 Å². The zero-order valence-electron chi connectivity index (χ0n) is 12.4. The molecule has 0 N–H and O–H groups in total. The molecule has 3 aromatic carbocycles. The van der Waals surface area contributed by atoms with E-state index in [-0.39, 0.29) is 10.6 Å². The molecule has 23 heavy (non-hydrogen) atoms. The van der Waals surface area contributed by atoms with E-state index in [1.54, 1.807) is 12.1 Å². The Balaban J connectivity index is 2.09. The molecule has 0 atom stereocenters. The molecule has 4 heteroatoms. The average Bonchev–Trinajstić information content (AvgIpc) is 2.93. The van der Waals surface area contributed by atoms with Crippen molar-refractivity contribution in [3.8, 4) is 11.1 Å². The Morgan fingerprint density at radius 1 is 0.913 bits per heavy atom. The highest BCUT2D eigenvalue weighted by atomic mass is 16.6. The van der Waals surface area contributed by atoms with E-state index in [4.69, 9.17) is 4.42 Å². The van der Waals surface area contributed by atoms with Crippen LogP contribution < -0.4 is 0 Å². The van der Waals surface area contributed by atoms with Crippen LogP contribution in [0.3, 0.4) is 0 Å². The minimum Gasteiger partial charge on any atom is -0.455 e. The van der Waals surface area contributed by atoms with Gasteiger partial charge in [0, 0.05) is 22.4 Å². The van der Waals surface area contributed by atoms with Crippen molar-refractivity contribution < 1.29 is 9.34 Å². The van der Waals surface area contributed by atoms with Crippen LogP contribution in [0, 0.1) is 17.0 Å². The Hall–Kier alpha value is -3.14. The third-order valence-corrected chi connectivity index (χ3v) is 4.04. The third-order valence-electron chi connectivity index (χ3n) is 4.04. The van der Waals surface area contributed by atoms with E-state index in [2.05, 4.69) is 0 Å². The summed E-state index contributed by atoms with van der Waals surface area (Å²) >= 11 is 0. The molecule has 0 aliphatic heterocycles. The zero-order valence-corrected chi connectivity index (χ0v) is 12.4. The van der Waals surface area contributed by atoms with Crippen LogP contribution >= 0.6 is 0 Å². The summed E-state index contributed by atoms with van der Waals surface area (Å²) in [6.07, 6.45) is 0. The highest BCUT2D eigenvalue weighted by Gasteiger charge is 2.19. The molecule has 0 fully saturated rings. The summed E-state index contributed by atoms with van der Waals surface area (Å²) in [6, 6.07) is 18.8. The normalized spacial score (nSPS) is 11.2. The van der Waals surface area contributed by atoms with Crippen LogP contribution in [-0.4, -0.2) is 4.92 Å². The zero-order chi connectivity index (χ0) is 16.0. The van der Waals surface area contributed by atoms with Gasteiger partial charge in [-0.1, -0.05) is 42.5 Å². The van der Waals surface area contributed by atoms with Gasteiger partial charge >= 0.3 is 0 Å². The molecule has 0 unspecified atom stereocenters. The molecule has 0 aliphatic carbocycles. The van der Waals surface area contributed by atoms with E-state index < -0.39 is 0 Å². The second kappa shape index (κ2) is 4.95. The molecule has 4 nitrogen and oxygen atoms in total. The van der Waals surface area contributed by atoms with Crippen molar-refractivity contribution in [3.05, 3.63) is 76.3 Å². The Bertz CT molecular complexity index is 1060. The summed E-state index contributed by atoms with van der Waals surface area (Å²) in [5.74, 6) is 0. The second-order valence-corrected chi connectivity index (χ2v) is 5.56. The van der Waals surface area contributed by atoms with Crippen molar-refractivity contribution in [2.75, 3.05) is 0 Å². The molecule has 0 spiro atoms. The molecule has 112 valence electrons. The van der Waals surface area contributed by atoms with Gasteiger partial charge in [0.2, 0.25) is 0 Å². The molecule has 1 heterocycles. The number of fused-ring (bicyclic) bond motifs is 3. The van der Waals surface area contributed by atoms with Crippen molar-refractivity contribution in [2.24, 2.45) is 0 Å². The summed E-state index contributed by atoms with van der Waals surface area (Å²) in [7, 11) is 0. The third kappa shape index (κ3) is 2.07. The van der Waals surface area contributed by atoms with Crippen LogP contribution in [0.5, 0.6) is 0 Å². The molecule has 1 aromatic heterocycles. The maximum absolute atomic E-state index is 11.4. The van der Waals surface area contributed by atoms with Gasteiger partial charge in [0.1, 0.15) is 11.2 Å². The topological polar surface area (TPSA) is 56.3 Å². The van der Waals surface area contributed by atoms with Gasteiger partial charge in [-0.15, -0.1) is 0 Å². The molecule has 4 aromatic rings. The van der Waals surface area contributed by atoms with Gasteiger partial charge < -0.3 is 4.42 Å². The minimum atomic E-state index is -0.343. The van der Waals surface area contributed by atoms with E-state index in [9.17, 15) is 10.1 Å². The number of hydrogen-bond acceptors (Lipinski definition) is 3. The number of para-hydroxylation sites is 2. The minimum absolute atomic E-state index is 0.0953. The number of nitro benzene ring substituents is 1. The fourth-order valence-electron chi connectivity index (χ4n) is 2.98. The molecule has 0 bridgehead atoms. The molecular weight excluding hydrogens is 290 g/mol. The number of rotatable bonds is 2. The van der Waals surface area contributed by atoms with E-state index in [0.717, 1.165) is 27.5 Å². The SMILES string of the molecule is Cc1ccc(-c2cccc3c2oc2ccccc23)c([N+](=O)[O-])c1. The van der Waals surface area contributed by atoms with Gasteiger partial charge in [-0.25, -0.2) is 0 Å². The summed E-state index contributed by atoms with van der Waals surface area (Å²) in [5, 5.41) is 13.4. The van der Waals surface area contributed by atoms with E-state index in [0.29, 0.717) is 11.1 Å². The van der Waals surface area contributed by atoms with Gasteiger partial charge in [0.25, 0.3) is 5.69 Å². The number of aryl methyl sites for hydroxylation is 1. The molecule has 0 saturated heterocycles. The van der Waals surface area contributed by atoms with Gasteiger partial charge in [-0.05, 0) is 24.6 Å². The van der Waals surface area contributed by atoms with Gasteiger partial charge in [0.15, 0.2) is 0 Å². The monoisotopic (exact) mass is 303 g/mol. The van der Waals surface area contributed by atoms with Gasteiger partial charge in [-0.2, -0.15) is 0 Å². The van der Waals surface area contributed by atoms with Gasteiger partial charge in [0.05, 0.1) is 10.5 Å². The number of benzene rings is 3. The van der Waals surface area contributed by atoms with E-state index >= 15 is 0 Å². The van der Waals surface area contributed by atoms with Crippen LogP contribution in [0.1, 0.15) is 5.56 Å². The Kier molecular flexibility index (Phi) is 2.91. The summed E-state index contributed by atoms with van der Waals surface area (Å²) < 4.78 is 5.98. The summed E-state index contributed by atoms with van der Waals surface area (Å²) in [5.41, 5.74) is 3.73. The molecule has 0 amide bonds. The smallest absolute Gasteiger partial charge is 0.277 e. The molecule has 0 aliphatic rings. The lowest BCUT2D eigenvalue weighted by molar-refractivity contribution is -0.384. The number of hydrogen-bond donors (Lipinski definition) is 0. The van der Waals surface area contributed by atoms with Crippen molar-refractivity contribution in [1.82, 2.24) is 0 Å². The maximum Gasteiger partial charge on any atom is 0.277 e. The van der Waals surface area contributed by atoms with Crippen LogP contribution in [0.25, 0.3) is 33.1 Å². The quantitative estimate of drug-likeness (QED) is 0.364. The maximum atomic E-state index is 11.4. The van der Waals surface area contributed by atoms with E-state index in [1.165, 1.54) is 0 Å². The number of furan rings is 1. The van der Waals surface area contributed by atoms with Crippen molar-refractivity contribution in [1.29, 1.82) is 0 Å². The largest absolute Gasteiger partial charge is 0.455 e. The van der Waals surface area contributed by atoms with Crippen LogP contribution in [0.2, 0.25) is 0 Å². The van der Waals surface area contributed by atoms with Crippen LogP contribution in [-0.2, 0) is 0 Å². The first-order valence-corrected chi connectivity index (χ1v) is 7.31. The lowest BCUT2D eigenvalue weighted by atomic mass is 9.99. The Morgan fingerprint density at radius 2 is 1.70 bits per heavy atom. The highest BCUT2D eigenvalue weighted by molar-refractivity contribution is 6.10. The molecule has 0 radical (unpaired) electrons. The van der Waals surface area contributed by atoms with Crippen molar-refractivity contribution in [2.45, 2.75) is 6.92 Å². The lowest BCUT2D eigenvalue weighted by Crippen LogP contribution is -1.93. The Labute approximate surface area is 132 Å². The molecular formula is C19H13NO3. The fraction of sp³-hybridized carbons (Fsp3) is 0.0526. The lowest BCUT2D eigenvalue weighted by Gasteiger charge is -2.05. The van der Waals surface area contributed by atoms with Crippen molar-refractivity contribution in [3.63, 3.8) is 0 Å².